The van der Waals surface area contributed by atoms with Gasteiger partial charge in [-0.2, -0.15) is 21.6 Å². The van der Waals surface area contributed by atoms with Crippen LogP contribution in [-0.2, 0) is 26.4 Å². The monoisotopic (exact) mass is 368 g/mol. The smallest absolute Gasteiger partial charge is 0.354 e. The number of rotatable bonds is 2. The minimum atomic E-state index is -5.93. The molecule has 0 amide bonds. The maximum absolute atomic E-state index is 12.5. The topological polar surface area (TPSA) is 103 Å². The minimum absolute atomic E-state index is 0.00477. The van der Waals surface area contributed by atoms with Crippen molar-refractivity contribution < 1.29 is 34.2 Å². The number of nitrogens with zero attached hydrogens (tertiary/aromatic N) is 2. The Hall–Kier alpha value is -1.95. The number of aryl methyl sites for hydroxylation is 1. The van der Waals surface area contributed by atoms with E-state index in [0.717, 1.165) is 6.33 Å². The Morgan fingerprint density at radius 2 is 1.87 bits per heavy atom. The molecule has 0 radical (unpaired) electrons. The van der Waals surface area contributed by atoms with Gasteiger partial charge < -0.3 is 4.18 Å². The first-order valence-corrected chi connectivity index (χ1v) is 9.09. The van der Waals surface area contributed by atoms with Crippen LogP contribution in [0.25, 0.3) is 10.9 Å². The van der Waals surface area contributed by atoms with E-state index in [1.807, 2.05) is 0 Å². The van der Waals surface area contributed by atoms with Crippen molar-refractivity contribution in [2.24, 2.45) is 0 Å². The third-order valence-corrected chi connectivity index (χ3v) is 6.00. The number of hydrogen-bond donors (Lipinski definition) is 0. The third-order valence-electron chi connectivity index (χ3n) is 3.26. The van der Waals surface area contributed by atoms with Gasteiger partial charge >= 0.3 is 15.6 Å². The van der Waals surface area contributed by atoms with Gasteiger partial charge in [-0.05, 0) is 24.1 Å². The molecule has 0 spiro atoms. The number of alkyl halides is 3. The van der Waals surface area contributed by atoms with E-state index in [1.54, 1.807) is 0 Å². The van der Waals surface area contributed by atoms with Gasteiger partial charge in [-0.15, -0.1) is 0 Å². The standard InChI is InChI=1S/C11H7F3N2O5S2/c12-11(13,14)23(19,20)21-10-9-6-3-4-22(17,18)8(6)2-1-7(9)15-5-16-10/h1-2,5H,3-4H2. The summed E-state index contributed by atoms with van der Waals surface area (Å²) in [4.78, 5) is 7.13. The van der Waals surface area contributed by atoms with Crippen LogP contribution in [0.5, 0.6) is 5.88 Å². The van der Waals surface area contributed by atoms with Crippen molar-refractivity contribution in [3.05, 3.63) is 24.0 Å². The summed E-state index contributed by atoms with van der Waals surface area (Å²) in [6.07, 6.45) is 0.838. The number of sulfone groups is 1. The largest absolute Gasteiger partial charge is 0.534 e. The van der Waals surface area contributed by atoms with Gasteiger partial charge in [0.2, 0.25) is 5.88 Å². The molecule has 0 saturated carbocycles. The molecule has 7 nitrogen and oxygen atoms in total. The fourth-order valence-corrected chi connectivity index (χ4v) is 4.25. The van der Waals surface area contributed by atoms with Crippen molar-refractivity contribution in [3.8, 4) is 5.88 Å². The lowest BCUT2D eigenvalue weighted by Crippen LogP contribution is -2.28. The number of aromatic nitrogens is 2. The van der Waals surface area contributed by atoms with E-state index in [4.69, 9.17) is 0 Å². The van der Waals surface area contributed by atoms with Crippen molar-refractivity contribution in [3.63, 3.8) is 0 Å². The lowest BCUT2D eigenvalue weighted by atomic mass is 10.1. The summed E-state index contributed by atoms with van der Waals surface area (Å²) in [6, 6.07) is 2.53. The average molecular weight is 368 g/mol. The highest BCUT2D eigenvalue weighted by Crippen LogP contribution is 2.37. The van der Waals surface area contributed by atoms with Crippen molar-refractivity contribution in [2.45, 2.75) is 16.8 Å². The van der Waals surface area contributed by atoms with Crippen molar-refractivity contribution >= 4 is 30.9 Å². The van der Waals surface area contributed by atoms with Gasteiger partial charge in [0.25, 0.3) is 0 Å². The zero-order valence-corrected chi connectivity index (χ0v) is 12.7. The van der Waals surface area contributed by atoms with Gasteiger partial charge in [0.1, 0.15) is 6.33 Å². The van der Waals surface area contributed by atoms with Crippen LogP contribution in [0.1, 0.15) is 5.56 Å². The third kappa shape index (κ3) is 2.51. The zero-order valence-electron chi connectivity index (χ0n) is 11.0. The first-order chi connectivity index (χ1) is 10.5. The first kappa shape index (κ1) is 15.9. The van der Waals surface area contributed by atoms with Crippen LogP contribution >= 0.6 is 0 Å². The molecule has 1 aliphatic heterocycles. The van der Waals surface area contributed by atoms with Gasteiger partial charge in [0, 0.05) is 0 Å². The molecule has 0 fully saturated rings. The van der Waals surface area contributed by atoms with Gasteiger partial charge in [0.05, 0.1) is 21.6 Å². The van der Waals surface area contributed by atoms with Crippen molar-refractivity contribution in [1.29, 1.82) is 0 Å². The van der Waals surface area contributed by atoms with E-state index in [-0.39, 0.29) is 33.5 Å². The van der Waals surface area contributed by atoms with Gasteiger partial charge in [-0.3, -0.25) is 0 Å². The number of fused-ring (bicyclic) bond motifs is 3. The number of hydrogen-bond acceptors (Lipinski definition) is 7. The Kier molecular flexibility index (Phi) is 3.30. The second kappa shape index (κ2) is 4.77. The predicted octanol–water partition coefficient (Wildman–Crippen LogP) is 1.19. The Morgan fingerprint density at radius 3 is 2.52 bits per heavy atom. The zero-order chi connectivity index (χ0) is 17.0. The van der Waals surface area contributed by atoms with Crippen LogP contribution in [0.4, 0.5) is 13.2 Å². The normalized spacial score (nSPS) is 17.2. The highest BCUT2D eigenvalue weighted by atomic mass is 32.2. The average Bonchev–Trinajstić information content (AvgIpc) is 2.73. The Bertz CT molecular complexity index is 1020. The molecule has 0 bridgehead atoms. The lowest BCUT2D eigenvalue weighted by molar-refractivity contribution is -0.0500. The van der Waals surface area contributed by atoms with E-state index in [9.17, 15) is 30.0 Å². The highest BCUT2D eigenvalue weighted by molar-refractivity contribution is 7.91. The van der Waals surface area contributed by atoms with Crippen LogP contribution in [-0.4, -0.2) is 38.1 Å². The Balaban J connectivity index is 2.26. The molecule has 0 unspecified atom stereocenters. The van der Waals surface area contributed by atoms with Crippen molar-refractivity contribution in [2.75, 3.05) is 5.75 Å². The molecule has 0 atom stereocenters. The van der Waals surface area contributed by atoms with Crippen LogP contribution in [0.2, 0.25) is 0 Å². The van der Waals surface area contributed by atoms with Crippen LogP contribution in [0.3, 0.4) is 0 Å². The molecule has 0 N–H and O–H groups in total. The summed E-state index contributed by atoms with van der Waals surface area (Å²) in [5.74, 6) is -1.08. The highest BCUT2D eigenvalue weighted by Gasteiger charge is 2.49. The molecule has 12 heteroatoms. The molecule has 1 aromatic carbocycles. The fraction of sp³-hybridized carbons (Fsp3) is 0.273. The number of benzene rings is 1. The quantitative estimate of drug-likeness (QED) is 0.579. The van der Waals surface area contributed by atoms with Gasteiger partial charge in [0.15, 0.2) is 9.84 Å². The van der Waals surface area contributed by atoms with Gasteiger partial charge in [-0.1, -0.05) is 0 Å². The summed E-state index contributed by atoms with van der Waals surface area (Å²) < 4.78 is 87.5. The minimum Gasteiger partial charge on any atom is -0.354 e. The summed E-state index contributed by atoms with van der Waals surface area (Å²) >= 11 is 0. The second-order valence-electron chi connectivity index (χ2n) is 4.67. The van der Waals surface area contributed by atoms with Crippen LogP contribution < -0.4 is 4.18 Å². The van der Waals surface area contributed by atoms with E-state index >= 15 is 0 Å². The number of halogens is 3. The Labute approximate surface area is 128 Å². The summed E-state index contributed by atoms with van der Waals surface area (Å²) in [5, 5.41) is -0.154. The maximum atomic E-state index is 12.5. The van der Waals surface area contributed by atoms with Crippen LogP contribution in [0.15, 0.2) is 23.4 Å². The molecule has 124 valence electrons. The molecule has 1 aromatic heterocycles. The SMILES string of the molecule is O=S1(=O)CCc2c1ccc1ncnc(OS(=O)(=O)C(F)(F)F)c21. The Morgan fingerprint density at radius 1 is 1.17 bits per heavy atom. The first-order valence-electron chi connectivity index (χ1n) is 6.03. The molecule has 0 saturated heterocycles. The molecular formula is C11H7F3N2O5S2. The predicted molar refractivity (Wildman–Crippen MR) is 70.9 cm³/mol. The van der Waals surface area contributed by atoms with E-state index in [2.05, 4.69) is 14.2 Å². The second-order valence-corrected chi connectivity index (χ2v) is 8.28. The van der Waals surface area contributed by atoms with Crippen LogP contribution in [0, 0.1) is 0 Å². The maximum Gasteiger partial charge on any atom is 0.534 e. The fourth-order valence-electron chi connectivity index (χ4n) is 2.27. The molecule has 3 rings (SSSR count). The van der Waals surface area contributed by atoms with Gasteiger partial charge in [-0.25, -0.2) is 18.4 Å². The molecule has 0 aliphatic carbocycles. The van der Waals surface area contributed by atoms with E-state index in [1.165, 1.54) is 12.1 Å². The molecule has 23 heavy (non-hydrogen) atoms. The summed E-state index contributed by atoms with van der Waals surface area (Å²) in [6.45, 7) is 0. The molecular weight excluding hydrogens is 361 g/mol. The van der Waals surface area contributed by atoms with E-state index < -0.39 is 31.3 Å². The van der Waals surface area contributed by atoms with E-state index in [0.29, 0.717) is 0 Å². The summed E-state index contributed by atoms with van der Waals surface area (Å²) in [5.41, 5.74) is -5.40. The molecule has 2 aromatic rings. The molecule has 2 heterocycles. The summed E-state index contributed by atoms with van der Waals surface area (Å²) in [7, 11) is -9.50. The van der Waals surface area contributed by atoms with Crippen molar-refractivity contribution in [1.82, 2.24) is 9.97 Å². The molecule has 1 aliphatic rings. The lowest BCUT2D eigenvalue weighted by Gasteiger charge is -2.11.